The number of imidazole rings is 1. The molecular formula is C23H26F2N8O3. The van der Waals surface area contributed by atoms with E-state index in [1.807, 2.05) is 6.07 Å². The fraction of sp³-hybridized carbons (Fsp3) is 0.565. The third-order valence-electron chi connectivity index (χ3n) is 7.25. The lowest BCUT2D eigenvalue weighted by molar-refractivity contribution is -0.0495. The molecule has 2 saturated carbocycles. The molecule has 3 aliphatic rings. The molecule has 2 aliphatic carbocycles. The highest BCUT2D eigenvalue weighted by molar-refractivity contribution is 5.93. The van der Waals surface area contributed by atoms with Gasteiger partial charge in [-0.25, -0.2) is 27.7 Å². The van der Waals surface area contributed by atoms with E-state index in [1.54, 1.807) is 21.8 Å². The lowest BCUT2D eigenvalue weighted by atomic mass is 9.81. The number of fused-ring (bicyclic) bond motifs is 1. The van der Waals surface area contributed by atoms with Crippen LogP contribution >= 0.6 is 0 Å². The summed E-state index contributed by atoms with van der Waals surface area (Å²) < 4.78 is 34.2. The van der Waals surface area contributed by atoms with E-state index in [2.05, 4.69) is 26.0 Å². The summed E-state index contributed by atoms with van der Waals surface area (Å²) >= 11 is 0. The van der Waals surface area contributed by atoms with Crippen LogP contribution in [0.4, 0.5) is 13.6 Å². The molecule has 3 fully saturated rings. The van der Waals surface area contributed by atoms with Gasteiger partial charge in [0.05, 0.1) is 24.1 Å². The summed E-state index contributed by atoms with van der Waals surface area (Å²) in [5, 5.41) is 17.9. The maximum Gasteiger partial charge on any atom is 0.317 e. The van der Waals surface area contributed by atoms with Crippen LogP contribution in [0.25, 0.3) is 5.65 Å². The maximum atomic E-state index is 13.9. The van der Waals surface area contributed by atoms with Gasteiger partial charge in [-0.15, -0.1) is 0 Å². The van der Waals surface area contributed by atoms with Crippen LogP contribution in [0.3, 0.4) is 0 Å². The van der Waals surface area contributed by atoms with Gasteiger partial charge in [-0.2, -0.15) is 5.10 Å². The highest BCUT2D eigenvalue weighted by Crippen LogP contribution is 2.42. The van der Waals surface area contributed by atoms with Crippen LogP contribution in [0.2, 0.25) is 0 Å². The molecule has 3 amide bonds. The third-order valence-corrected chi connectivity index (χ3v) is 7.25. The minimum atomic E-state index is -2.70. The molecule has 4 heterocycles. The number of hydrogen-bond acceptors (Lipinski definition) is 7. The number of halogens is 2. The molecule has 0 aromatic carbocycles. The predicted octanol–water partition coefficient (Wildman–Crippen LogP) is 2.81. The van der Waals surface area contributed by atoms with Gasteiger partial charge in [0.15, 0.2) is 11.3 Å². The Bertz CT molecular complexity index is 1290. The van der Waals surface area contributed by atoms with Gasteiger partial charge in [-0.05, 0) is 48.4 Å². The fourth-order valence-electron chi connectivity index (χ4n) is 5.07. The van der Waals surface area contributed by atoms with Crippen LogP contribution in [0.15, 0.2) is 23.1 Å². The van der Waals surface area contributed by atoms with Crippen LogP contribution in [-0.2, 0) is 6.54 Å². The van der Waals surface area contributed by atoms with Crippen LogP contribution in [0.5, 0.6) is 0 Å². The summed E-state index contributed by atoms with van der Waals surface area (Å²) in [6.45, 7) is 1.62. The molecule has 6 rings (SSSR count). The Hall–Kier alpha value is -3.64. The van der Waals surface area contributed by atoms with Crippen molar-refractivity contribution in [2.75, 3.05) is 13.1 Å². The van der Waals surface area contributed by atoms with Crippen LogP contribution < -0.4 is 10.6 Å². The number of hydrogen-bond donors (Lipinski definition) is 2. The van der Waals surface area contributed by atoms with E-state index in [0.29, 0.717) is 36.7 Å². The number of alkyl halides is 2. The number of carbonyl (C=O) groups excluding carboxylic acids is 2. The van der Waals surface area contributed by atoms with Crippen LogP contribution in [0.1, 0.15) is 77.9 Å². The molecular weight excluding hydrogens is 474 g/mol. The minimum Gasteiger partial charge on any atom is -0.342 e. The molecule has 1 saturated heterocycles. The number of aromatic nitrogens is 5. The molecule has 2 N–H and O–H groups in total. The molecule has 11 nitrogen and oxygen atoms in total. The Labute approximate surface area is 204 Å². The van der Waals surface area contributed by atoms with Gasteiger partial charge in [-0.1, -0.05) is 5.16 Å². The SMILES string of the molecule is O=C(NC(c1cn2ncc(CN3CCNC3=O)cc2n1)C1CCC(F)(F)CC1)c1nonc1C1CC1. The van der Waals surface area contributed by atoms with Crippen molar-refractivity contribution in [1.82, 2.24) is 40.4 Å². The van der Waals surface area contributed by atoms with Gasteiger partial charge < -0.3 is 15.5 Å². The van der Waals surface area contributed by atoms with Gasteiger partial charge in [0.1, 0.15) is 5.69 Å². The number of nitrogens with zero attached hydrogens (tertiary/aromatic N) is 6. The summed E-state index contributed by atoms with van der Waals surface area (Å²) in [6, 6.07) is 1.11. The van der Waals surface area contributed by atoms with Crippen LogP contribution in [-0.4, -0.2) is 60.8 Å². The van der Waals surface area contributed by atoms with Gasteiger partial charge in [0.25, 0.3) is 5.91 Å². The maximum absolute atomic E-state index is 13.9. The molecule has 0 bridgehead atoms. The van der Waals surface area contributed by atoms with Gasteiger partial charge in [0.2, 0.25) is 5.92 Å². The van der Waals surface area contributed by atoms with E-state index in [1.165, 1.54) is 0 Å². The first-order valence-electron chi connectivity index (χ1n) is 12.2. The monoisotopic (exact) mass is 500 g/mol. The van der Waals surface area contributed by atoms with Gasteiger partial charge in [0, 0.05) is 38.4 Å². The van der Waals surface area contributed by atoms with Crippen molar-refractivity contribution in [2.45, 2.75) is 63.0 Å². The van der Waals surface area contributed by atoms with E-state index < -0.39 is 17.9 Å². The quantitative estimate of drug-likeness (QED) is 0.510. The average Bonchev–Trinajstić information content (AvgIpc) is 3.23. The van der Waals surface area contributed by atoms with Crippen molar-refractivity contribution in [1.29, 1.82) is 0 Å². The van der Waals surface area contributed by atoms with Crippen molar-refractivity contribution in [3.05, 3.63) is 41.1 Å². The fourth-order valence-corrected chi connectivity index (χ4v) is 5.07. The lowest BCUT2D eigenvalue weighted by Gasteiger charge is -2.33. The zero-order valence-corrected chi connectivity index (χ0v) is 19.5. The van der Waals surface area contributed by atoms with Crippen molar-refractivity contribution in [3.8, 4) is 0 Å². The van der Waals surface area contributed by atoms with E-state index in [4.69, 9.17) is 9.61 Å². The van der Waals surface area contributed by atoms with E-state index in [9.17, 15) is 18.4 Å². The predicted molar refractivity (Wildman–Crippen MR) is 120 cm³/mol. The normalized spacial score (nSPS) is 21.1. The van der Waals surface area contributed by atoms with Crippen molar-refractivity contribution in [2.24, 2.45) is 5.92 Å². The summed E-state index contributed by atoms with van der Waals surface area (Å²) in [5.41, 5.74) is 2.57. The summed E-state index contributed by atoms with van der Waals surface area (Å²) in [4.78, 5) is 31.5. The Morgan fingerprint density at radius 3 is 2.78 bits per heavy atom. The first-order chi connectivity index (χ1) is 17.4. The first-order valence-corrected chi connectivity index (χ1v) is 12.2. The number of rotatable bonds is 7. The second-order valence-corrected chi connectivity index (χ2v) is 9.90. The largest absolute Gasteiger partial charge is 0.342 e. The Kier molecular flexibility index (Phi) is 5.56. The number of carbonyl (C=O) groups is 2. The molecule has 3 aromatic heterocycles. The molecule has 36 heavy (non-hydrogen) atoms. The number of urea groups is 1. The smallest absolute Gasteiger partial charge is 0.317 e. The van der Waals surface area contributed by atoms with Crippen LogP contribution in [0, 0.1) is 5.92 Å². The molecule has 13 heteroatoms. The Morgan fingerprint density at radius 1 is 1.25 bits per heavy atom. The number of nitrogens with one attached hydrogen (secondary N) is 2. The first kappa shape index (κ1) is 22.8. The van der Waals surface area contributed by atoms with E-state index in [-0.39, 0.29) is 49.2 Å². The summed E-state index contributed by atoms with van der Waals surface area (Å²) in [7, 11) is 0. The molecule has 1 unspecified atom stereocenters. The highest BCUT2D eigenvalue weighted by Gasteiger charge is 2.40. The average molecular weight is 501 g/mol. The van der Waals surface area contributed by atoms with Crippen molar-refractivity contribution >= 4 is 17.6 Å². The molecule has 1 atom stereocenters. The molecule has 190 valence electrons. The lowest BCUT2D eigenvalue weighted by Crippen LogP contribution is -2.37. The van der Waals surface area contributed by atoms with E-state index >= 15 is 0 Å². The topological polar surface area (TPSA) is 131 Å². The van der Waals surface area contributed by atoms with Gasteiger partial charge in [-0.3, -0.25) is 4.79 Å². The molecule has 3 aromatic rings. The van der Waals surface area contributed by atoms with Crippen molar-refractivity contribution in [3.63, 3.8) is 0 Å². The Balaban J connectivity index is 1.27. The second kappa shape index (κ2) is 8.79. The second-order valence-electron chi connectivity index (χ2n) is 9.90. The third kappa shape index (κ3) is 4.49. The molecule has 0 spiro atoms. The van der Waals surface area contributed by atoms with E-state index in [0.717, 1.165) is 18.4 Å². The summed E-state index contributed by atoms with van der Waals surface area (Å²) in [5.74, 6) is -3.21. The van der Waals surface area contributed by atoms with Gasteiger partial charge >= 0.3 is 6.03 Å². The minimum absolute atomic E-state index is 0.122. The van der Waals surface area contributed by atoms with Crippen molar-refractivity contribution < 1.29 is 23.0 Å². The zero-order chi connectivity index (χ0) is 24.9. The molecule has 1 aliphatic heterocycles. The molecule has 0 radical (unpaired) electrons. The zero-order valence-electron chi connectivity index (χ0n) is 19.5. The summed E-state index contributed by atoms with van der Waals surface area (Å²) in [6.07, 6.45) is 5.25. The Morgan fingerprint density at radius 2 is 2.06 bits per heavy atom. The highest BCUT2D eigenvalue weighted by atomic mass is 19.3. The number of amides is 3. The standard InChI is InChI=1S/C23H26F2N8O3/c24-23(25)5-3-15(4-6-23)18(29-21(34)20-19(14-1-2-14)30-36-31-20)16-12-33-17(28-16)9-13(10-27-33)11-32-8-7-26-22(32)35/h9-10,12,14-15,18H,1-8,11H2,(H,26,35)(H,29,34).